The van der Waals surface area contributed by atoms with Crippen molar-refractivity contribution in [1.82, 2.24) is 4.98 Å². The molecule has 0 fully saturated rings. The fourth-order valence-corrected chi connectivity index (χ4v) is 1.29. The lowest BCUT2D eigenvalue weighted by molar-refractivity contribution is -0.277. The first kappa shape index (κ1) is 16.4. The molecule has 0 radical (unpaired) electrons. The van der Waals surface area contributed by atoms with E-state index in [0.29, 0.717) is 0 Å². The second-order valence-corrected chi connectivity index (χ2v) is 3.43. The topological polar surface area (TPSA) is 48.1 Å². The summed E-state index contributed by atoms with van der Waals surface area (Å²) < 4.78 is 102. The van der Waals surface area contributed by atoms with Gasteiger partial charge in [0.05, 0.1) is 5.69 Å². The van der Waals surface area contributed by atoms with Gasteiger partial charge in [0, 0.05) is 12.1 Å². The molecule has 0 aliphatic rings. The highest BCUT2D eigenvalue weighted by molar-refractivity contribution is 5.37. The standard InChI is InChI=1S/C9H6F8N2O/c10-6(11)3-1-4(8(12,13)14)7(19-5(3)2-18)20-9(15,16)17/h1,6H,2,18H2. The zero-order chi connectivity index (χ0) is 15.7. The summed E-state index contributed by atoms with van der Waals surface area (Å²) in [5.74, 6) is -1.87. The minimum Gasteiger partial charge on any atom is -0.387 e. The van der Waals surface area contributed by atoms with Crippen molar-refractivity contribution >= 4 is 0 Å². The second kappa shape index (κ2) is 5.38. The number of nitrogens with zero attached hydrogens (tertiary/aromatic N) is 1. The Morgan fingerprint density at radius 2 is 1.70 bits per heavy atom. The average molecular weight is 310 g/mol. The molecule has 0 aliphatic heterocycles. The number of alkyl halides is 8. The van der Waals surface area contributed by atoms with Gasteiger partial charge in [-0.1, -0.05) is 0 Å². The van der Waals surface area contributed by atoms with Gasteiger partial charge in [0.25, 0.3) is 6.43 Å². The second-order valence-electron chi connectivity index (χ2n) is 3.43. The van der Waals surface area contributed by atoms with Gasteiger partial charge in [-0.15, -0.1) is 13.2 Å². The van der Waals surface area contributed by atoms with Crippen LogP contribution in [0.15, 0.2) is 6.07 Å². The number of rotatable bonds is 3. The Morgan fingerprint density at radius 1 is 1.15 bits per heavy atom. The quantitative estimate of drug-likeness (QED) is 0.871. The zero-order valence-corrected chi connectivity index (χ0v) is 9.32. The first-order chi connectivity index (χ1) is 8.95. The van der Waals surface area contributed by atoms with Crippen molar-refractivity contribution in [3.8, 4) is 5.88 Å². The van der Waals surface area contributed by atoms with Gasteiger partial charge >= 0.3 is 12.5 Å². The Labute approximate surface area is 106 Å². The summed E-state index contributed by atoms with van der Waals surface area (Å²) in [5, 5.41) is 0. The number of aromatic nitrogens is 1. The molecule has 0 aromatic carbocycles. The predicted octanol–water partition coefficient (Wildman–Crippen LogP) is 3.40. The van der Waals surface area contributed by atoms with Crippen LogP contribution in [0.25, 0.3) is 0 Å². The van der Waals surface area contributed by atoms with Crippen LogP contribution in [0.2, 0.25) is 0 Å². The molecule has 3 nitrogen and oxygen atoms in total. The molecule has 0 amide bonds. The van der Waals surface area contributed by atoms with Crippen LogP contribution in [0.1, 0.15) is 23.2 Å². The summed E-state index contributed by atoms with van der Waals surface area (Å²) >= 11 is 0. The van der Waals surface area contributed by atoms with E-state index in [-0.39, 0.29) is 6.07 Å². The molecule has 11 heteroatoms. The Kier molecular flexibility index (Phi) is 4.42. The zero-order valence-electron chi connectivity index (χ0n) is 9.32. The van der Waals surface area contributed by atoms with E-state index < -0.39 is 48.2 Å². The van der Waals surface area contributed by atoms with Crippen molar-refractivity contribution in [2.75, 3.05) is 0 Å². The lowest BCUT2D eigenvalue weighted by Crippen LogP contribution is -2.22. The maximum atomic E-state index is 12.5. The van der Waals surface area contributed by atoms with Crippen LogP contribution in [0, 0.1) is 0 Å². The van der Waals surface area contributed by atoms with Crippen molar-refractivity contribution in [3.05, 3.63) is 22.9 Å². The Morgan fingerprint density at radius 3 is 2.05 bits per heavy atom. The van der Waals surface area contributed by atoms with E-state index in [1.165, 1.54) is 0 Å². The molecular formula is C9H6F8N2O. The summed E-state index contributed by atoms with van der Waals surface area (Å²) in [7, 11) is 0. The van der Waals surface area contributed by atoms with E-state index in [1.54, 1.807) is 0 Å². The molecule has 1 aromatic heterocycles. The number of halogens is 8. The van der Waals surface area contributed by atoms with Gasteiger partial charge in [0.1, 0.15) is 5.56 Å². The van der Waals surface area contributed by atoms with Crippen LogP contribution in [0.5, 0.6) is 5.88 Å². The molecule has 0 atom stereocenters. The Balaban J connectivity index is 3.48. The fraction of sp³-hybridized carbons (Fsp3) is 0.444. The summed E-state index contributed by atoms with van der Waals surface area (Å²) in [6.07, 6.45) is -14.2. The number of nitrogens with two attached hydrogens (primary N) is 1. The van der Waals surface area contributed by atoms with Crippen LogP contribution < -0.4 is 10.5 Å². The fourth-order valence-electron chi connectivity index (χ4n) is 1.29. The predicted molar refractivity (Wildman–Crippen MR) is 48.8 cm³/mol. The first-order valence-corrected chi connectivity index (χ1v) is 4.80. The van der Waals surface area contributed by atoms with Gasteiger partial charge < -0.3 is 10.5 Å². The Bertz CT molecular complexity index is 482. The van der Waals surface area contributed by atoms with Crippen LogP contribution >= 0.6 is 0 Å². The molecule has 2 N–H and O–H groups in total. The molecule has 1 aromatic rings. The van der Waals surface area contributed by atoms with Crippen LogP contribution in [-0.2, 0) is 12.7 Å². The lowest BCUT2D eigenvalue weighted by Gasteiger charge is -2.17. The number of pyridine rings is 1. The third-order valence-corrected chi connectivity index (χ3v) is 2.05. The van der Waals surface area contributed by atoms with Gasteiger partial charge in [-0.05, 0) is 6.07 Å². The Hall–Kier alpha value is -1.65. The summed E-state index contributed by atoms with van der Waals surface area (Å²) in [6, 6.07) is -0.152. The van der Waals surface area contributed by atoms with E-state index in [4.69, 9.17) is 5.73 Å². The van der Waals surface area contributed by atoms with Crippen molar-refractivity contribution in [3.63, 3.8) is 0 Å². The van der Waals surface area contributed by atoms with Crippen LogP contribution in [0.4, 0.5) is 35.1 Å². The number of hydrogen-bond donors (Lipinski definition) is 1. The maximum Gasteiger partial charge on any atom is 0.574 e. The highest BCUT2D eigenvalue weighted by Gasteiger charge is 2.41. The third kappa shape index (κ3) is 3.92. The summed E-state index contributed by atoms with van der Waals surface area (Å²) in [6.45, 7) is -0.772. The van der Waals surface area contributed by atoms with E-state index in [2.05, 4.69) is 9.72 Å². The van der Waals surface area contributed by atoms with Gasteiger partial charge in [-0.25, -0.2) is 13.8 Å². The highest BCUT2D eigenvalue weighted by Crippen LogP contribution is 2.39. The molecule has 114 valence electrons. The monoisotopic (exact) mass is 310 g/mol. The lowest BCUT2D eigenvalue weighted by atomic mass is 10.1. The minimum atomic E-state index is -5.45. The largest absolute Gasteiger partial charge is 0.574 e. The maximum absolute atomic E-state index is 12.5. The van der Waals surface area contributed by atoms with Crippen molar-refractivity contribution < 1.29 is 39.9 Å². The van der Waals surface area contributed by atoms with E-state index in [0.717, 1.165) is 0 Å². The SMILES string of the molecule is NCc1nc(OC(F)(F)F)c(C(F)(F)F)cc1C(F)F. The molecule has 0 unspecified atom stereocenters. The molecule has 0 saturated heterocycles. The average Bonchev–Trinajstić information content (AvgIpc) is 2.24. The van der Waals surface area contributed by atoms with Crippen LogP contribution in [-0.4, -0.2) is 11.3 Å². The van der Waals surface area contributed by atoms with Gasteiger partial charge in [-0.2, -0.15) is 13.2 Å². The molecule has 0 saturated carbocycles. The molecular weight excluding hydrogens is 304 g/mol. The van der Waals surface area contributed by atoms with Crippen molar-refractivity contribution in [2.24, 2.45) is 5.73 Å². The van der Waals surface area contributed by atoms with Crippen molar-refractivity contribution in [2.45, 2.75) is 25.5 Å². The summed E-state index contributed by atoms with van der Waals surface area (Å²) in [4.78, 5) is 2.80. The smallest absolute Gasteiger partial charge is 0.387 e. The number of ether oxygens (including phenoxy) is 1. The van der Waals surface area contributed by atoms with Gasteiger partial charge in [0.15, 0.2) is 0 Å². The molecule has 0 spiro atoms. The van der Waals surface area contributed by atoms with Gasteiger partial charge in [-0.3, -0.25) is 0 Å². The summed E-state index contributed by atoms with van der Waals surface area (Å²) in [5.41, 5.74) is 0.901. The van der Waals surface area contributed by atoms with E-state index >= 15 is 0 Å². The first-order valence-electron chi connectivity index (χ1n) is 4.80. The molecule has 1 rings (SSSR count). The van der Waals surface area contributed by atoms with Crippen LogP contribution in [0.3, 0.4) is 0 Å². The molecule has 0 bridgehead atoms. The highest BCUT2D eigenvalue weighted by atomic mass is 19.4. The minimum absolute atomic E-state index is 0.152. The van der Waals surface area contributed by atoms with E-state index in [1.807, 2.05) is 0 Å². The third-order valence-electron chi connectivity index (χ3n) is 2.05. The van der Waals surface area contributed by atoms with E-state index in [9.17, 15) is 35.1 Å². The van der Waals surface area contributed by atoms with Crippen molar-refractivity contribution in [1.29, 1.82) is 0 Å². The van der Waals surface area contributed by atoms with Gasteiger partial charge in [0.2, 0.25) is 5.88 Å². The molecule has 0 aliphatic carbocycles. The molecule has 1 heterocycles. The number of hydrogen-bond acceptors (Lipinski definition) is 3. The normalized spacial score (nSPS) is 12.9. The molecule has 20 heavy (non-hydrogen) atoms.